The average molecular weight is 468 g/mol. The van der Waals surface area contributed by atoms with Gasteiger partial charge in [-0.25, -0.2) is 9.78 Å². The molecule has 4 amide bonds. The highest BCUT2D eigenvalue weighted by Gasteiger charge is 2.49. The number of hydrogen-bond acceptors (Lipinski definition) is 4. The van der Waals surface area contributed by atoms with E-state index in [0.29, 0.717) is 5.56 Å². The van der Waals surface area contributed by atoms with Crippen LogP contribution in [0.1, 0.15) is 31.0 Å². The fourth-order valence-electron chi connectivity index (χ4n) is 4.40. The first-order chi connectivity index (χ1) is 16.8. The van der Waals surface area contributed by atoms with Gasteiger partial charge in [-0.1, -0.05) is 48.5 Å². The molecule has 8 nitrogen and oxygen atoms in total. The third kappa shape index (κ3) is 4.14. The van der Waals surface area contributed by atoms with Crippen molar-refractivity contribution >= 4 is 28.6 Å². The molecule has 1 aliphatic rings. The molecule has 2 atom stereocenters. The number of rotatable bonds is 6. The SMILES string of the molecule is C[C@H](NC(=O)CN1C(=O)N[C@](C)(c2ccc3ccccc3c2)C1=O)c1ccc(-n2ccnc2)cc1. The monoisotopic (exact) mass is 467 g/mol. The maximum atomic E-state index is 13.3. The zero-order valence-electron chi connectivity index (χ0n) is 19.4. The Balaban J connectivity index is 1.26. The molecule has 4 aromatic rings. The highest BCUT2D eigenvalue weighted by molar-refractivity contribution is 6.09. The lowest BCUT2D eigenvalue weighted by Crippen LogP contribution is -2.43. The molecule has 0 radical (unpaired) electrons. The van der Waals surface area contributed by atoms with Crippen LogP contribution in [0, 0.1) is 0 Å². The van der Waals surface area contributed by atoms with E-state index >= 15 is 0 Å². The van der Waals surface area contributed by atoms with Crippen molar-refractivity contribution in [3.63, 3.8) is 0 Å². The van der Waals surface area contributed by atoms with Gasteiger partial charge in [-0.3, -0.25) is 14.5 Å². The van der Waals surface area contributed by atoms with E-state index in [1.165, 1.54) is 0 Å². The summed E-state index contributed by atoms with van der Waals surface area (Å²) in [6.45, 7) is 3.17. The minimum atomic E-state index is -1.24. The molecule has 35 heavy (non-hydrogen) atoms. The molecule has 2 N–H and O–H groups in total. The number of aromatic nitrogens is 2. The van der Waals surface area contributed by atoms with E-state index in [4.69, 9.17) is 0 Å². The molecule has 176 valence electrons. The lowest BCUT2D eigenvalue weighted by Gasteiger charge is -2.23. The molecule has 1 aliphatic heterocycles. The lowest BCUT2D eigenvalue weighted by molar-refractivity contribution is -0.135. The Morgan fingerprint density at radius 3 is 2.51 bits per heavy atom. The van der Waals surface area contributed by atoms with Gasteiger partial charge < -0.3 is 15.2 Å². The molecular formula is C27H25N5O3. The maximum Gasteiger partial charge on any atom is 0.325 e. The number of imide groups is 1. The Morgan fingerprint density at radius 1 is 1.06 bits per heavy atom. The van der Waals surface area contributed by atoms with Crippen LogP contribution >= 0.6 is 0 Å². The summed E-state index contributed by atoms with van der Waals surface area (Å²) in [5.74, 6) is -0.868. The molecule has 3 aromatic carbocycles. The first-order valence-corrected chi connectivity index (χ1v) is 11.4. The van der Waals surface area contributed by atoms with Crippen LogP contribution in [0.2, 0.25) is 0 Å². The Morgan fingerprint density at radius 2 is 1.80 bits per heavy atom. The predicted octanol–water partition coefficient (Wildman–Crippen LogP) is 3.67. The van der Waals surface area contributed by atoms with E-state index in [0.717, 1.165) is 26.9 Å². The fraction of sp³-hybridized carbons (Fsp3) is 0.185. The molecule has 0 saturated carbocycles. The number of imidazole rings is 1. The largest absolute Gasteiger partial charge is 0.348 e. The summed E-state index contributed by atoms with van der Waals surface area (Å²) in [6, 6.07) is 20.3. The van der Waals surface area contributed by atoms with E-state index in [9.17, 15) is 14.4 Å². The average Bonchev–Trinajstić information content (AvgIpc) is 3.48. The van der Waals surface area contributed by atoms with Gasteiger partial charge in [0.15, 0.2) is 0 Å². The van der Waals surface area contributed by atoms with Gasteiger partial charge in [0.05, 0.1) is 12.4 Å². The van der Waals surface area contributed by atoms with Crippen molar-refractivity contribution < 1.29 is 14.4 Å². The van der Waals surface area contributed by atoms with Gasteiger partial charge in [0.1, 0.15) is 12.1 Å². The molecule has 8 heteroatoms. The highest BCUT2D eigenvalue weighted by Crippen LogP contribution is 2.31. The van der Waals surface area contributed by atoms with E-state index in [1.54, 1.807) is 19.4 Å². The van der Waals surface area contributed by atoms with Crippen molar-refractivity contribution in [2.24, 2.45) is 0 Å². The summed E-state index contributed by atoms with van der Waals surface area (Å²) >= 11 is 0. The third-order valence-corrected chi connectivity index (χ3v) is 6.48. The van der Waals surface area contributed by atoms with Crippen LogP contribution in [0.15, 0.2) is 85.5 Å². The van der Waals surface area contributed by atoms with Gasteiger partial charge in [-0.05, 0) is 53.9 Å². The Hall–Kier alpha value is -4.46. The third-order valence-electron chi connectivity index (χ3n) is 6.48. The molecule has 0 aliphatic carbocycles. The van der Waals surface area contributed by atoms with Crippen LogP contribution < -0.4 is 10.6 Å². The van der Waals surface area contributed by atoms with Gasteiger partial charge in [-0.15, -0.1) is 0 Å². The minimum Gasteiger partial charge on any atom is -0.348 e. The number of nitrogens with zero attached hydrogens (tertiary/aromatic N) is 3. The van der Waals surface area contributed by atoms with Gasteiger partial charge in [0.2, 0.25) is 5.91 Å². The number of carbonyl (C=O) groups is 3. The van der Waals surface area contributed by atoms with E-state index < -0.39 is 23.4 Å². The Bertz CT molecular complexity index is 1410. The number of fused-ring (bicyclic) bond motifs is 1. The summed E-state index contributed by atoms with van der Waals surface area (Å²) in [7, 11) is 0. The normalized spacial score (nSPS) is 18.5. The van der Waals surface area contributed by atoms with Crippen LogP contribution in [0.5, 0.6) is 0 Å². The number of amides is 4. The minimum absolute atomic E-state index is 0.299. The van der Waals surface area contributed by atoms with E-state index in [-0.39, 0.29) is 12.6 Å². The van der Waals surface area contributed by atoms with Gasteiger partial charge in [-0.2, -0.15) is 0 Å². The molecule has 1 aromatic heterocycles. The van der Waals surface area contributed by atoms with Crippen molar-refractivity contribution in [2.75, 3.05) is 6.54 Å². The molecule has 5 rings (SSSR count). The predicted molar refractivity (Wildman–Crippen MR) is 132 cm³/mol. The molecule has 0 unspecified atom stereocenters. The Kier molecular flexibility index (Phi) is 5.56. The second-order valence-corrected chi connectivity index (χ2v) is 8.86. The summed E-state index contributed by atoms with van der Waals surface area (Å²) in [6.07, 6.45) is 5.27. The smallest absolute Gasteiger partial charge is 0.325 e. The van der Waals surface area contributed by atoms with Crippen molar-refractivity contribution in [1.82, 2.24) is 25.1 Å². The number of urea groups is 1. The molecule has 0 bridgehead atoms. The number of carbonyl (C=O) groups excluding carboxylic acids is 3. The topological polar surface area (TPSA) is 96.3 Å². The number of benzene rings is 3. The number of hydrogen-bond donors (Lipinski definition) is 2. The van der Waals surface area contributed by atoms with Gasteiger partial charge in [0.25, 0.3) is 5.91 Å². The van der Waals surface area contributed by atoms with Crippen molar-refractivity contribution in [3.05, 3.63) is 96.6 Å². The second kappa shape index (κ2) is 8.72. The van der Waals surface area contributed by atoms with Crippen LogP contribution in [0.4, 0.5) is 4.79 Å². The van der Waals surface area contributed by atoms with Crippen LogP contribution in [-0.4, -0.2) is 38.8 Å². The quantitative estimate of drug-likeness (QED) is 0.423. The fourth-order valence-corrected chi connectivity index (χ4v) is 4.40. The highest BCUT2D eigenvalue weighted by atomic mass is 16.2. The number of nitrogens with one attached hydrogen (secondary N) is 2. The first-order valence-electron chi connectivity index (χ1n) is 11.4. The summed E-state index contributed by atoms with van der Waals surface area (Å²) in [5, 5.41) is 7.66. The maximum absolute atomic E-state index is 13.3. The van der Waals surface area contributed by atoms with Gasteiger partial charge in [0, 0.05) is 18.1 Å². The van der Waals surface area contributed by atoms with Crippen LogP contribution in [0.25, 0.3) is 16.5 Å². The molecule has 1 fully saturated rings. The molecule has 1 saturated heterocycles. The molecular weight excluding hydrogens is 442 g/mol. The van der Waals surface area contributed by atoms with Gasteiger partial charge >= 0.3 is 6.03 Å². The summed E-state index contributed by atoms with van der Waals surface area (Å²) in [4.78, 5) is 43.7. The summed E-state index contributed by atoms with van der Waals surface area (Å²) < 4.78 is 1.89. The molecule has 0 spiro atoms. The lowest BCUT2D eigenvalue weighted by atomic mass is 9.90. The Labute approximate surface area is 202 Å². The second-order valence-electron chi connectivity index (χ2n) is 8.86. The van der Waals surface area contributed by atoms with Crippen molar-refractivity contribution in [3.8, 4) is 5.69 Å². The first kappa shape index (κ1) is 22.3. The van der Waals surface area contributed by atoms with Crippen LogP contribution in [-0.2, 0) is 15.1 Å². The zero-order chi connectivity index (χ0) is 24.6. The zero-order valence-corrected chi connectivity index (χ0v) is 19.4. The summed E-state index contributed by atoms with van der Waals surface area (Å²) in [5.41, 5.74) is 1.29. The van der Waals surface area contributed by atoms with Crippen molar-refractivity contribution in [1.29, 1.82) is 0 Å². The molecule has 2 heterocycles. The van der Waals surface area contributed by atoms with Crippen LogP contribution in [0.3, 0.4) is 0 Å². The van der Waals surface area contributed by atoms with E-state index in [2.05, 4.69) is 15.6 Å². The van der Waals surface area contributed by atoms with Crippen molar-refractivity contribution in [2.45, 2.75) is 25.4 Å². The standard InChI is InChI=1S/C27H25N5O3/c1-18(19-8-11-23(12-9-19)31-14-13-28-17-31)29-24(33)16-32-25(34)27(2,30-26(32)35)22-10-7-20-5-3-4-6-21(20)15-22/h3-15,17-18H,16H2,1-2H3,(H,29,33)(H,30,35)/t18-,27+/m0/s1. The van der Waals surface area contributed by atoms with E-state index in [1.807, 2.05) is 84.4 Å².